The van der Waals surface area contributed by atoms with Gasteiger partial charge in [0.25, 0.3) is 0 Å². The first-order valence-electron chi connectivity index (χ1n) is 7.96. The summed E-state index contributed by atoms with van der Waals surface area (Å²) in [5.74, 6) is 0. The Labute approximate surface area is 127 Å². The number of nitrogens with zero attached hydrogens (tertiary/aromatic N) is 2. The summed E-state index contributed by atoms with van der Waals surface area (Å²) in [6.45, 7) is 8.18. The molecule has 2 atom stereocenters. The van der Waals surface area contributed by atoms with E-state index >= 15 is 0 Å². The molecule has 0 N–H and O–H groups in total. The van der Waals surface area contributed by atoms with Crippen molar-refractivity contribution in [1.82, 2.24) is 4.90 Å². The molecule has 2 nitrogen and oxygen atoms in total. The van der Waals surface area contributed by atoms with Crippen LogP contribution in [-0.2, 0) is 0 Å². The zero-order chi connectivity index (χ0) is 14.1. The van der Waals surface area contributed by atoms with Gasteiger partial charge in [0.05, 0.1) is 0 Å². The van der Waals surface area contributed by atoms with Gasteiger partial charge < -0.3 is 4.90 Å². The molecule has 1 aromatic rings. The van der Waals surface area contributed by atoms with E-state index in [1.165, 1.54) is 56.6 Å². The minimum Gasteiger partial charge on any atom is -0.365 e. The van der Waals surface area contributed by atoms with E-state index < -0.39 is 0 Å². The SMILES string of the molecule is CCC1CN2CCCCC2CN1c1cc(Cl)ccc1C. The molecule has 3 rings (SSSR count). The number of aryl methyl sites for hydroxylation is 1. The van der Waals surface area contributed by atoms with Gasteiger partial charge in [-0.15, -0.1) is 0 Å². The number of rotatable bonds is 2. The molecule has 0 amide bonds. The molecule has 2 aliphatic rings. The number of piperazine rings is 1. The fourth-order valence-electron chi connectivity index (χ4n) is 3.79. The van der Waals surface area contributed by atoms with Crippen molar-refractivity contribution in [3.63, 3.8) is 0 Å². The first-order chi connectivity index (χ1) is 9.69. The topological polar surface area (TPSA) is 6.48 Å². The summed E-state index contributed by atoms with van der Waals surface area (Å²) in [5.41, 5.74) is 2.69. The van der Waals surface area contributed by atoms with E-state index in [-0.39, 0.29) is 0 Å². The summed E-state index contributed by atoms with van der Waals surface area (Å²) < 4.78 is 0. The van der Waals surface area contributed by atoms with E-state index in [1.54, 1.807) is 0 Å². The predicted octanol–water partition coefficient (Wildman–Crippen LogP) is 4.10. The van der Waals surface area contributed by atoms with Crippen molar-refractivity contribution in [2.45, 2.75) is 51.6 Å². The third-order valence-electron chi connectivity index (χ3n) is 4.99. The molecule has 20 heavy (non-hydrogen) atoms. The minimum atomic E-state index is 0.626. The number of piperidine rings is 1. The molecule has 0 bridgehead atoms. The molecule has 0 radical (unpaired) electrons. The summed E-state index contributed by atoms with van der Waals surface area (Å²) >= 11 is 6.23. The lowest BCUT2D eigenvalue weighted by Gasteiger charge is -2.49. The number of halogens is 1. The molecule has 110 valence electrons. The fraction of sp³-hybridized carbons (Fsp3) is 0.647. The van der Waals surface area contributed by atoms with Gasteiger partial charge in [-0.1, -0.05) is 31.0 Å². The molecule has 0 aliphatic carbocycles. The summed E-state index contributed by atoms with van der Waals surface area (Å²) in [7, 11) is 0. The number of fused-ring (bicyclic) bond motifs is 1. The van der Waals surface area contributed by atoms with Gasteiger partial charge in [-0.3, -0.25) is 4.90 Å². The number of hydrogen-bond acceptors (Lipinski definition) is 2. The van der Waals surface area contributed by atoms with Crippen LogP contribution in [0.2, 0.25) is 5.02 Å². The smallest absolute Gasteiger partial charge is 0.0426 e. The average molecular weight is 293 g/mol. The van der Waals surface area contributed by atoms with Crippen LogP contribution in [0.25, 0.3) is 0 Å². The van der Waals surface area contributed by atoms with E-state index in [2.05, 4.69) is 35.8 Å². The van der Waals surface area contributed by atoms with Gasteiger partial charge in [0.2, 0.25) is 0 Å². The molecule has 2 fully saturated rings. The highest BCUT2D eigenvalue weighted by molar-refractivity contribution is 6.30. The van der Waals surface area contributed by atoms with Crippen LogP contribution in [0.1, 0.15) is 38.2 Å². The average Bonchev–Trinajstić information content (AvgIpc) is 2.48. The van der Waals surface area contributed by atoms with Crippen molar-refractivity contribution < 1.29 is 0 Å². The lowest BCUT2D eigenvalue weighted by atomic mass is 9.95. The van der Waals surface area contributed by atoms with Crippen LogP contribution in [0.4, 0.5) is 5.69 Å². The van der Waals surface area contributed by atoms with E-state index in [1.807, 2.05) is 6.07 Å². The zero-order valence-corrected chi connectivity index (χ0v) is 13.4. The summed E-state index contributed by atoms with van der Waals surface area (Å²) in [4.78, 5) is 5.34. The van der Waals surface area contributed by atoms with Crippen molar-refractivity contribution >= 4 is 17.3 Å². The predicted molar refractivity (Wildman–Crippen MR) is 86.8 cm³/mol. The normalized spacial score (nSPS) is 27.4. The standard InChI is InChI=1S/C17H25ClN2/c1-3-15-11-19-9-5-4-6-16(19)12-20(15)17-10-14(18)8-7-13(17)2/h7-8,10,15-16H,3-6,9,11-12H2,1-2H3. The third kappa shape index (κ3) is 2.68. The van der Waals surface area contributed by atoms with E-state index in [0.29, 0.717) is 6.04 Å². The Bertz CT molecular complexity index is 474. The second-order valence-electron chi connectivity index (χ2n) is 6.29. The molecule has 0 saturated carbocycles. The number of benzene rings is 1. The Balaban J connectivity index is 1.88. The van der Waals surface area contributed by atoms with Crippen molar-refractivity contribution in [2.75, 3.05) is 24.5 Å². The second-order valence-corrected chi connectivity index (χ2v) is 6.73. The molecule has 2 heterocycles. The minimum absolute atomic E-state index is 0.626. The van der Waals surface area contributed by atoms with Gasteiger partial charge >= 0.3 is 0 Å². The maximum Gasteiger partial charge on any atom is 0.0426 e. The van der Waals surface area contributed by atoms with Gasteiger partial charge in [0, 0.05) is 35.9 Å². The molecule has 0 aromatic heterocycles. The van der Waals surface area contributed by atoms with Crippen molar-refractivity contribution in [3.05, 3.63) is 28.8 Å². The van der Waals surface area contributed by atoms with Crippen LogP contribution in [0.5, 0.6) is 0 Å². The van der Waals surface area contributed by atoms with Gasteiger partial charge in [-0.05, 0) is 50.4 Å². The van der Waals surface area contributed by atoms with Gasteiger partial charge in [0.1, 0.15) is 0 Å². The van der Waals surface area contributed by atoms with E-state index in [0.717, 1.165) is 11.1 Å². The summed E-state index contributed by atoms with van der Waals surface area (Å²) in [6, 6.07) is 7.67. The van der Waals surface area contributed by atoms with Gasteiger partial charge in [-0.2, -0.15) is 0 Å². The zero-order valence-electron chi connectivity index (χ0n) is 12.6. The van der Waals surface area contributed by atoms with E-state index in [4.69, 9.17) is 11.6 Å². The maximum absolute atomic E-state index is 6.23. The van der Waals surface area contributed by atoms with Crippen LogP contribution < -0.4 is 4.90 Å². The molecular formula is C17H25ClN2. The lowest BCUT2D eigenvalue weighted by Crippen LogP contribution is -2.59. The third-order valence-corrected chi connectivity index (χ3v) is 5.23. The second kappa shape index (κ2) is 5.95. The van der Waals surface area contributed by atoms with Crippen LogP contribution in [-0.4, -0.2) is 36.6 Å². The summed E-state index contributed by atoms with van der Waals surface area (Å²) in [5, 5.41) is 0.853. The maximum atomic E-state index is 6.23. The highest BCUT2D eigenvalue weighted by Gasteiger charge is 2.34. The first-order valence-corrected chi connectivity index (χ1v) is 8.33. The van der Waals surface area contributed by atoms with Crippen LogP contribution in [0, 0.1) is 6.92 Å². The Hall–Kier alpha value is -0.730. The quantitative estimate of drug-likeness (QED) is 0.810. The fourth-order valence-corrected chi connectivity index (χ4v) is 3.96. The van der Waals surface area contributed by atoms with Crippen molar-refractivity contribution in [2.24, 2.45) is 0 Å². The Morgan fingerprint density at radius 2 is 2.10 bits per heavy atom. The van der Waals surface area contributed by atoms with Gasteiger partial charge in [-0.25, -0.2) is 0 Å². The van der Waals surface area contributed by atoms with Crippen LogP contribution in [0.15, 0.2) is 18.2 Å². The highest BCUT2D eigenvalue weighted by Crippen LogP contribution is 2.32. The van der Waals surface area contributed by atoms with Crippen LogP contribution in [0.3, 0.4) is 0 Å². The Kier molecular flexibility index (Phi) is 4.23. The van der Waals surface area contributed by atoms with E-state index in [9.17, 15) is 0 Å². The molecule has 2 saturated heterocycles. The number of hydrogen-bond donors (Lipinski definition) is 0. The largest absolute Gasteiger partial charge is 0.365 e. The molecule has 1 aromatic carbocycles. The monoisotopic (exact) mass is 292 g/mol. The Morgan fingerprint density at radius 3 is 2.90 bits per heavy atom. The summed E-state index contributed by atoms with van der Waals surface area (Å²) in [6.07, 6.45) is 5.32. The highest BCUT2D eigenvalue weighted by atomic mass is 35.5. The number of anilines is 1. The molecular weight excluding hydrogens is 268 g/mol. The first kappa shape index (κ1) is 14.2. The molecule has 0 spiro atoms. The molecule has 3 heteroatoms. The lowest BCUT2D eigenvalue weighted by molar-refractivity contribution is 0.111. The Morgan fingerprint density at radius 1 is 1.25 bits per heavy atom. The van der Waals surface area contributed by atoms with Crippen molar-refractivity contribution in [3.8, 4) is 0 Å². The molecule has 2 unspecified atom stereocenters. The molecule has 2 aliphatic heterocycles. The van der Waals surface area contributed by atoms with Gasteiger partial charge in [0.15, 0.2) is 0 Å². The van der Waals surface area contributed by atoms with Crippen LogP contribution >= 0.6 is 11.6 Å². The van der Waals surface area contributed by atoms with Crippen molar-refractivity contribution in [1.29, 1.82) is 0 Å².